The number of benzene rings is 1. The van der Waals surface area contributed by atoms with Gasteiger partial charge in [0.15, 0.2) is 0 Å². The molecule has 0 bridgehead atoms. The Hall–Kier alpha value is -1.40. The van der Waals surface area contributed by atoms with Crippen molar-refractivity contribution in [2.75, 3.05) is 12.4 Å². The van der Waals surface area contributed by atoms with E-state index < -0.39 is 0 Å². The highest BCUT2D eigenvalue weighted by molar-refractivity contribution is 9.10. The average molecular weight is 386 g/mol. The third-order valence-electron chi connectivity index (χ3n) is 2.41. The molecule has 1 aromatic heterocycles. The predicted molar refractivity (Wildman–Crippen MR) is 80.6 cm³/mol. The van der Waals surface area contributed by atoms with Crippen molar-refractivity contribution in [1.29, 1.82) is 0 Å². The van der Waals surface area contributed by atoms with Crippen LogP contribution in [0.4, 0.5) is 5.69 Å². The lowest BCUT2D eigenvalue weighted by Gasteiger charge is -2.09. The molecule has 2 rings (SSSR count). The molecule has 1 amide bonds. The SMILES string of the molecule is COc1cc(NC(=O)c2cccnc2Br)ccc1Br. The molecule has 0 aliphatic rings. The fourth-order valence-electron chi connectivity index (χ4n) is 1.49. The Balaban J connectivity index is 2.22. The number of hydrogen-bond acceptors (Lipinski definition) is 3. The number of ether oxygens (including phenoxy) is 1. The summed E-state index contributed by atoms with van der Waals surface area (Å²) in [4.78, 5) is 16.1. The Morgan fingerprint density at radius 2 is 2.11 bits per heavy atom. The summed E-state index contributed by atoms with van der Waals surface area (Å²) in [6, 6.07) is 8.75. The number of halogens is 2. The lowest BCUT2D eigenvalue weighted by Crippen LogP contribution is -2.13. The molecule has 1 aromatic carbocycles. The number of carbonyl (C=O) groups excluding carboxylic acids is 1. The third kappa shape index (κ3) is 3.33. The standard InChI is InChI=1S/C13H10Br2N2O2/c1-19-11-7-8(4-5-10(11)14)17-13(18)9-3-2-6-16-12(9)15/h2-7H,1H3,(H,17,18). The largest absolute Gasteiger partial charge is 0.495 e. The first-order chi connectivity index (χ1) is 9.11. The van der Waals surface area contributed by atoms with Crippen LogP contribution >= 0.6 is 31.9 Å². The smallest absolute Gasteiger partial charge is 0.258 e. The highest BCUT2D eigenvalue weighted by Gasteiger charge is 2.11. The summed E-state index contributed by atoms with van der Waals surface area (Å²) >= 11 is 6.60. The van der Waals surface area contributed by atoms with Crippen molar-refractivity contribution in [1.82, 2.24) is 4.98 Å². The molecule has 0 saturated carbocycles. The molecule has 0 spiro atoms. The molecule has 0 unspecified atom stereocenters. The second-order valence-electron chi connectivity index (χ2n) is 3.65. The van der Waals surface area contributed by atoms with Crippen molar-refractivity contribution in [3.63, 3.8) is 0 Å². The maximum Gasteiger partial charge on any atom is 0.258 e. The summed E-state index contributed by atoms with van der Waals surface area (Å²) < 4.78 is 6.52. The number of methoxy groups -OCH3 is 1. The lowest BCUT2D eigenvalue weighted by atomic mass is 10.2. The summed E-state index contributed by atoms with van der Waals surface area (Å²) in [6.07, 6.45) is 1.61. The molecule has 1 heterocycles. The van der Waals surface area contributed by atoms with Gasteiger partial charge in [-0.2, -0.15) is 0 Å². The van der Waals surface area contributed by atoms with E-state index in [9.17, 15) is 4.79 Å². The first-order valence-corrected chi connectivity index (χ1v) is 6.96. The summed E-state index contributed by atoms with van der Waals surface area (Å²) in [6.45, 7) is 0. The lowest BCUT2D eigenvalue weighted by molar-refractivity contribution is 0.102. The van der Waals surface area contributed by atoms with Crippen molar-refractivity contribution >= 4 is 43.5 Å². The summed E-state index contributed by atoms with van der Waals surface area (Å²) in [5.41, 5.74) is 1.13. The van der Waals surface area contributed by atoms with Crippen LogP contribution in [0.25, 0.3) is 0 Å². The maximum atomic E-state index is 12.1. The summed E-state index contributed by atoms with van der Waals surface area (Å²) in [7, 11) is 1.57. The van der Waals surface area contributed by atoms with Crippen LogP contribution in [0.3, 0.4) is 0 Å². The minimum absolute atomic E-state index is 0.232. The van der Waals surface area contributed by atoms with Gasteiger partial charge in [-0.1, -0.05) is 0 Å². The number of hydrogen-bond donors (Lipinski definition) is 1. The Morgan fingerprint density at radius 1 is 1.32 bits per heavy atom. The number of nitrogens with one attached hydrogen (secondary N) is 1. The van der Waals surface area contributed by atoms with Gasteiger partial charge in [-0.25, -0.2) is 4.98 Å². The summed E-state index contributed by atoms with van der Waals surface area (Å²) in [5, 5.41) is 2.79. The van der Waals surface area contributed by atoms with Gasteiger partial charge >= 0.3 is 0 Å². The van der Waals surface area contributed by atoms with Crippen molar-refractivity contribution in [3.05, 3.63) is 51.2 Å². The Bertz CT molecular complexity index is 617. The van der Waals surface area contributed by atoms with E-state index in [1.807, 2.05) is 6.07 Å². The quantitative estimate of drug-likeness (QED) is 0.816. The van der Waals surface area contributed by atoms with E-state index in [2.05, 4.69) is 42.2 Å². The van der Waals surface area contributed by atoms with Crippen molar-refractivity contribution in [2.24, 2.45) is 0 Å². The number of carbonyl (C=O) groups is 1. The highest BCUT2D eigenvalue weighted by atomic mass is 79.9. The first kappa shape index (κ1) is 14.0. The van der Waals surface area contributed by atoms with E-state index in [1.54, 1.807) is 37.6 Å². The average Bonchev–Trinajstić information content (AvgIpc) is 2.41. The topological polar surface area (TPSA) is 51.2 Å². The Labute approximate surface area is 127 Å². The fourth-order valence-corrected chi connectivity index (χ4v) is 2.33. The predicted octanol–water partition coefficient (Wildman–Crippen LogP) is 3.87. The monoisotopic (exact) mass is 384 g/mol. The van der Waals surface area contributed by atoms with Crippen molar-refractivity contribution < 1.29 is 9.53 Å². The maximum absolute atomic E-state index is 12.1. The van der Waals surface area contributed by atoms with Crippen LogP contribution in [-0.2, 0) is 0 Å². The molecule has 4 nitrogen and oxygen atoms in total. The number of amides is 1. The molecule has 2 aromatic rings. The number of anilines is 1. The zero-order chi connectivity index (χ0) is 13.8. The van der Waals surface area contributed by atoms with Gasteiger partial charge in [0.05, 0.1) is 17.1 Å². The Kier molecular flexibility index (Phi) is 4.55. The molecule has 1 N–H and O–H groups in total. The zero-order valence-corrected chi connectivity index (χ0v) is 13.2. The Morgan fingerprint density at radius 3 is 2.79 bits per heavy atom. The minimum atomic E-state index is -0.232. The van der Waals surface area contributed by atoms with E-state index in [4.69, 9.17) is 4.74 Å². The second kappa shape index (κ2) is 6.16. The molecule has 98 valence electrons. The third-order valence-corrected chi connectivity index (χ3v) is 3.70. The molecular weight excluding hydrogens is 376 g/mol. The van der Waals surface area contributed by atoms with Gasteiger partial charge < -0.3 is 10.1 Å². The molecule has 0 radical (unpaired) electrons. The van der Waals surface area contributed by atoms with Gasteiger partial charge in [-0.3, -0.25) is 4.79 Å². The van der Waals surface area contributed by atoms with E-state index in [1.165, 1.54) is 0 Å². The zero-order valence-electron chi connectivity index (χ0n) is 9.98. The molecule has 0 aliphatic carbocycles. The molecule has 0 saturated heterocycles. The van der Waals surface area contributed by atoms with Crippen LogP contribution in [0.1, 0.15) is 10.4 Å². The van der Waals surface area contributed by atoms with E-state index in [0.29, 0.717) is 21.6 Å². The second-order valence-corrected chi connectivity index (χ2v) is 5.25. The van der Waals surface area contributed by atoms with Crippen LogP contribution in [0.15, 0.2) is 45.6 Å². The van der Waals surface area contributed by atoms with Gasteiger partial charge in [0.1, 0.15) is 10.4 Å². The molecule has 0 fully saturated rings. The van der Waals surface area contributed by atoms with Crippen LogP contribution in [0.5, 0.6) is 5.75 Å². The molecule has 0 aliphatic heterocycles. The number of nitrogens with zero attached hydrogens (tertiary/aromatic N) is 1. The molecular formula is C13H10Br2N2O2. The van der Waals surface area contributed by atoms with Crippen LogP contribution in [0, 0.1) is 0 Å². The van der Waals surface area contributed by atoms with E-state index in [0.717, 1.165) is 4.47 Å². The van der Waals surface area contributed by atoms with Crippen LogP contribution in [-0.4, -0.2) is 18.0 Å². The van der Waals surface area contributed by atoms with Crippen molar-refractivity contribution in [3.8, 4) is 5.75 Å². The van der Waals surface area contributed by atoms with E-state index >= 15 is 0 Å². The van der Waals surface area contributed by atoms with Gasteiger partial charge in [-0.15, -0.1) is 0 Å². The van der Waals surface area contributed by atoms with Gasteiger partial charge in [-0.05, 0) is 56.1 Å². The van der Waals surface area contributed by atoms with Gasteiger partial charge in [0.25, 0.3) is 5.91 Å². The summed E-state index contributed by atoms with van der Waals surface area (Å²) in [5.74, 6) is 0.424. The van der Waals surface area contributed by atoms with Gasteiger partial charge in [0.2, 0.25) is 0 Å². The molecule has 19 heavy (non-hydrogen) atoms. The number of aromatic nitrogens is 1. The normalized spacial score (nSPS) is 10.1. The van der Waals surface area contributed by atoms with Crippen LogP contribution in [0.2, 0.25) is 0 Å². The highest BCUT2D eigenvalue weighted by Crippen LogP contribution is 2.28. The van der Waals surface area contributed by atoms with Gasteiger partial charge in [0, 0.05) is 18.0 Å². The number of rotatable bonds is 3. The first-order valence-electron chi connectivity index (χ1n) is 5.37. The fraction of sp³-hybridized carbons (Fsp3) is 0.0769. The van der Waals surface area contributed by atoms with Crippen LogP contribution < -0.4 is 10.1 Å². The minimum Gasteiger partial charge on any atom is -0.495 e. The van der Waals surface area contributed by atoms with Crippen molar-refractivity contribution in [2.45, 2.75) is 0 Å². The number of pyridine rings is 1. The molecule has 0 atom stereocenters. The molecule has 6 heteroatoms. The van der Waals surface area contributed by atoms with E-state index in [-0.39, 0.29) is 5.91 Å².